The first kappa shape index (κ1) is 14.4. The second kappa shape index (κ2) is 6.91. The average Bonchev–Trinajstić information content (AvgIpc) is 2.40. The number of hydrogen-bond donors (Lipinski definition) is 0. The van der Waals surface area contributed by atoms with Crippen LogP contribution in [0.2, 0.25) is 0 Å². The van der Waals surface area contributed by atoms with Crippen molar-refractivity contribution in [1.82, 2.24) is 0 Å². The van der Waals surface area contributed by atoms with E-state index < -0.39 is 14.5 Å². The Labute approximate surface area is 106 Å². The van der Waals surface area contributed by atoms with Crippen molar-refractivity contribution in [1.29, 1.82) is 0 Å². The zero-order valence-electron chi connectivity index (χ0n) is 11.1. The monoisotopic (exact) mass is 254 g/mol. The third-order valence-corrected chi connectivity index (χ3v) is 5.53. The highest BCUT2D eigenvalue weighted by Gasteiger charge is 2.43. The van der Waals surface area contributed by atoms with Crippen LogP contribution in [0.15, 0.2) is 30.3 Å². The maximum atomic E-state index is 5.82. The van der Waals surface area contributed by atoms with Crippen molar-refractivity contribution < 1.29 is 13.6 Å². The SMILES string of the molecule is CCCC(OC)(c1ccccc1)[SiH](OC)OC. The highest BCUT2D eigenvalue weighted by atomic mass is 28.3. The molecule has 1 unspecified atom stereocenters. The molecule has 0 fully saturated rings. The predicted molar refractivity (Wildman–Crippen MR) is 71.2 cm³/mol. The topological polar surface area (TPSA) is 27.7 Å². The van der Waals surface area contributed by atoms with Gasteiger partial charge in [0.15, 0.2) is 0 Å². The minimum atomic E-state index is -1.91. The summed E-state index contributed by atoms with van der Waals surface area (Å²) >= 11 is 0. The summed E-state index contributed by atoms with van der Waals surface area (Å²) in [6, 6.07) is 10.2. The fourth-order valence-corrected chi connectivity index (χ4v) is 4.42. The van der Waals surface area contributed by atoms with Crippen molar-refractivity contribution in [2.45, 2.75) is 25.0 Å². The zero-order chi connectivity index (χ0) is 12.7. The third-order valence-electron chi connectivity index (χ3n) is 3.06. The first-order valence-corrected chi connectivity index (χ1v) is 7.43. The summed E-state index contributed by atoms with van der Waals surface area (Å²) in [6.45, 7) is 2.15. The van der Waals surface area contributed by atoms with E-state index in [4.69, 9.17) is 13.6 Å². The van der Waals surface area contributed by atoms with Crippen LogP contribution < -0.4 is 0 Å². The normalized spacial score (nSPS) is 14.9. The highest BCUT2D eigenvalue weighted by molar-refractivity contribution is 6.48. The minimum absolute atomic E-state index is 0.403. The van der Waals surface area contributed by atoms with Gasteiger partial charge in [-0.3, -0.25) is 0 Å². The average molecular weight is 254 g/mol. The number of rotatable bonds is 7. The van der Waals surface area contributed by atoms with Gasteiger partial charge in [-0.1, -0.05) is 43.7 Å². The lowest BCUT2D eigenvalue weighted by atomic mass is 10.0. The van der Waals surface area contributed by atoms with Gasteiger partial charge in [0.05, 0.1) is 0 Å². The number of ether oxygens (including phenoxy) is 1. The van der Waals surface area contributed by atoms with Crippen LogP contribution in [0.5, 0.6) is 0 Å². The Morgan fingerprint density at radius 2 is 1.65 bits per heavy atom. The molecule has 1 aromatic rings. The summed E-state index contributed by atoms with van der Waals surface area (Å²) in [7, 11) is 3.23. The predicted octanol–water partition coefficient (Wildman–Crippen LogP) is 2.38. The maximum absolute atomic E-state index is 5.82. The quantitative estimate of drug-likeness (QED) is 0.699. The molecule has 0 bridgehead atoms. The lowest BCUT2D eigenvalue weighted by Crippen LogP contribution is -2.48. The van der Waals surface area contributed by atoms with Crippen LogP contribution >= 0.6 is 0 Å². The van der Waals surface area contributed by atoms with Crippen molar-refractivity contribution in [2.75, 3.05) is 21.3 Å². The van der Waals surface area contributed by atoms with E-state index in [2.05, 4.69) is 19.1 Å². The second-order valence-corrected chi connectivity index (χ2v) is 6.55. The zero-order valence-corrected chi connectivity index (χ0v) is 12.3. The molecular weight excluding hydrogens is 232 g/mol. The van der Waals surface area contributed by atoms with E-state index in [-0.39, 0.29) is 0 Å². The molecule has 0 aliphatic heterocycles. The van der Waals surface area contributed by atoms with E-state index in [9.17, 15) is 0 Å². The van der Waals surface area contributed by atoms with Gasteiger partial charge in [-0.25, -0.2) is 0 Å². The first-order chi connectivity index (χ1) is 8.25. The standard InChI is InChI=1S/C13H22O3Si/c1-5-11-13(14-2,17(15-3)16-4)12-9-7-6-8-10-12/h6-10,17H,5,11H2,1-4H3. The molecule has 1 aromatic carbocycles. The van der Waals surface area contributed by atoms with Gasteiger partial charge in [-0.15, -0.1) is 0 Å². The van der Waals surface area contributed by atoms with E-state index in [1.54, 1.807) is 21.3 Å². The summed E-state index contributed by atoms with van der Waals surface area (Å²) < 4.78 is 16.9. The lowest BCUT2D eigenvalue weighted by Gasteiger charge is -2.36. The maximum Gasteiger partial charge on any atom is 0.358 e. The summed E-state index contributed by atoms with van der Waals surface area (Å²) in [5.74, 6) is 0. The molecule has 0 aromatic heterocycles. The van der Waals surface area contributed by atoms with Crippen LogP contribution in [0.3, 0.4) is 0 Å². The second-order valence-electron chi connectivity index (χ2n) is 4.01. The van der Waals surface area contributed by atoms with Crippen LogP contribution in [-0.4, -0.2) is 30.6 Å². The molecule has 0 amide bonds. The van der Waals surface area contributed by atoms with Gasteiger partial charge in [0.1, 0.15) is 5.22 Å². The summed E-state index contributed by atoms with van der Waals surface area (Å²) in [6.07, 6.45) is 1.94. The fourth-order valence-electron chi connectivity index (χ4n) is 2.28. The van der Waals surface area contributed by atoms with Crippen molar-refractivity contribution in [2.24, 2.45) is 0 Å². The van der Waals surface area contributed by atoms with E-state index in [0.29, 0.717) is 0 Å². The molecule has 1 atom stereocenters. The molecule has 0 aliphatic rings. The lowest BCUT2D eigenvalue weighted by molar-refractivity contribution is 0.00970. The Bertz CT molecular complexity index is 314. The highest BCUT2D eigenvalue weighted by Crippen LogP contribution is 2.33. The largest absolute Gasteiger partial charge is 0.398 e. The Kier molecular flexibility index (Phi) is 5.84. The minimum Gasteiger partial charge on any atom is -0.398 e. The molecule has 0 saturated heterocycles. The van der Waals surface area contributed by atoms with Crippen molar-refractivity contribution >= 4 is 9.28 Å². The molecule has 1 rings (SSSR count). The smallest absolute Gasteiger partial charge is 0.358 e. The molecule has 4 heteroatoms. The molecule has 17 heavy (non-hydrogen) atoms. The van der Waals surface area contributed by atoms with E-state index in [1.807, 2.05) is 18.2 Å². The van der Waals surface area contributed by atoms with Gasteiger partial charge in [0.25, 0.3) is 0 Å². The molecule has 0 heterocycles. The summed E-state index contributed by atoms with van der Waals surface area (Å²) in [4.78, 5) is 0. The van der Waals surface area contributed by atoms with E-state index in [0.717, 1.165) is 18.4 Å². The van der Waals surface area contributed by atoms with Crippen LogP contribution in [-0.2, 0) is 18.8 Å². The van der Waals surface area contributed by atoms with Gasteiger partial charge < -0.3 is 13.6 Å². The third kappa shape index (κ3) is 2.96. The van der Waals surface area contributed by atoms with Crippen LogP contribution in [0.25, 0.3) is 0 Å². The molecule has 0 aliphatic carbocycles. The molecule has 3 nitrogen and oxygen atoms in total. The molecule has 96 valence electrons. The molecule has 0 spiro atoms. The van der Waals surface area contributed by atoms with Gasteiger partial charge in [-0.2, -0.15) is 0 Å². The number of benzene rings is 1. The van der Waals surface area contributed by atoms with Crippen molar-refractivity contribution in [3.63, 3.8) is 0 Å². The van der Waals surface area contributed by atoms with Crippen LogP contribution in [0.1, 0.15) is 25.3 Å². The van der Waals surface area contributed by atoms with Gasteiger partial charge in [0.2, 0.25) is 0 Å². The Morgan fingerprint density at radius 3 is 2.06 bits per heavy atom. The van der Waals surface area contributed by atoms with E-state index >= 15 is 0 Å². The number of hydrogen-bond acceptors (Lipinski definition) is 3. The Hall–Kier alpha value is -0.683. The molecule has 0 radical (unpaired) electrons. The number of methoxy groups -OCH3 is 1. The molecular formula is C13H22O3Si. The van der Waals surface area contributed by atoms with Crippen molar-refractivity contribution in [3.05, 3.63) is 35.9 Å². The fraction of sp³-hybridized carbons (Fsp3) is 0.538. The van der Waals surface area contributed by atoms with Crippen LogP contribution in [0, 0.1) is 0 Å². The first-order valence-electron chi connectivity index (χ1n) is 5.91. The van der Waals surface area contributed by atoms with Crippen molar-refractivity contribution in [3.8, 4) is 0 Å². The Balaban J connectivity index is 3.16. The van der Waals surface area contributed by atoms with Crippen LogP contribution in [0.4, 0.5) is 0 Å². The van der Waals surface area contributed by atoms with Gasteiger partial charge in [0, 0.05) is 21.3 Å². The van der Waals surface area contributed by atoms with Gasteiger partial charge in [-0.05, 0) is 12.0 Å². The van der Waals surface area contributed by atoms with Gasteiger partial charge >= 0.3 is 9.28 Å². The summed E-state index contributed by atoms with van der Waals surface area (Å²) in [5, 5.41) is -0.403. The Morgan fingerprint density at radius 1 is 1.06 bits per heavy atom. The molecule has 0 saturated carbocycles. The molecule has 0 N–H and O–H groups in total. The van der Waals surface area contributed by atoms with E-state index in [1.165, 1.54) is 0 Å². The summed E-state index contributed by atoms with van der Waals surface area (Å²) in [5.41, 5.74) is 1.14.